The van der Waals surface area contributed by atoms with Crippen LogP contribution in [0, 0.1) is 5.92 Å². The molecule has 0 spiro atoms. The summed E-state index contributed by atoms with van der Waals surface area (Å²) in [5.74, 6) is -0.493. The van der Waals surface area contributed by atoms with Crippen molar-refractivity contribution in [1.29, 1.82) is 0 Å². The smallest absolute Gasteiger partial charge is 0.337 e. The fourth-order valence-electron chi connectivity index (χ4n) is 2.13. The highest BCUT2D eigenvalue weighted by molar-refractivity contribution is 6.00. The molecule has 142 valence electrons. The van der Waals surface area contributed by atoms with Crippen molar-refractivity contribution in [3.63, 3.8) is 0 Å². The van der Waals surface area contributed by atoms with Gasteiger partial charge in [-0.2, -0.15) is 0 Å². The van der Waals surface area contributed by atoms with Gasteiger partial charge in [-0.15, -0.1) is 0 Å². The van der Waals surface area contributed by atoms with Gasteiger partial charge in [-0.05, 0) is 48.4 Å². The Morgan fingerprint density at radius 1 is 0.889 bits per heavy atom. The largest absolute Gasteiger partial charge is 0.493 e. The van der Waals surface area contributed by atoms with Crippen molar-refractivity contribution < 1.29 is 23.9 Å². The minimum atomic E-state index is -0.550. The molecule has 7 heteroatoms. The number of methoxy groups -OCH3 is 1. The fraction of sp³-hybridized carbons (Fsp3) is 0.250. The molecule has 2 aromatic rings. The predicted molar refractivity (Wildman–Crippen MR) is 99.5 cm³/mol. The summed E-state index contributed by atoms with van der Waals surface area (Å²) in [5, 5.41) is 0. The highest BCUT2D eigenvalue weighted by Crippen LogP contribution is 2.13. The van der Waals surface area contributed by atoms with Gasteiger partial charge in [-0.3, -0.25) is 20.4 Å². The van der Waals surface area contributed by atoms with Gasteiger partial charge in [0.15, 0.2) is 0 Å². The minimum absolute atomic E-state index is 0.218. The van der Waals surface area contributed by atoms with Gasteiger partial charge in [0.1, 0.15) is 5.75 Å². The Balaban J connectivity index is 1.93. The van der Waals surface area contributed by atoms with Crippen molar-refractivity contribution in [2.45, 2.75) is 13.8 Å². The molecule has 0 unspecified atom stereocenters. The topological polar surface area (TPSA) is 93.7 Å². The van der Waals surface area contributed by atoms with Crippen molar-refractivity contribution in [3.05, 3.63) is 65.2 Å². The Morgan fingerprint density at radius 3 is 2.07 bits per heavy atom. The van der Waals surface area contributed by atoms with Crippen molar-refractivity contribution in [2.75, 3.05) is 13.7 Å². The number of esters is 1. The number of hydrogen-bond acceptors (Lipinski definition) is 5. The minimum Gasteiger partial charge on any atom is -0.493 e. The number of hydrogen-bond donors (Lipinski definition) is 2. The number of hydrazine groups is 1. The summed E-state index contributed by atoms with van der Waals surface area (Å²) in [7, 11) is 1.26. The van der Waals surface area contributed by atoms with Gasteiger partial charge < -0.3 is 9.47 Å². The first-order valence-electron chi connectivity index (χ1n) is 8.42. The zero-order valence-corrected chi connectivity index (χ0v) is 15.4. The molecule has 0 aliphatic carbocycles. The van der Waals surface area contributed by atoms with E-state index in [0.29, 0.717) is 23.8 Å². The average Bonchev–Trinajstić information content (AvgIpc) is 2.70. The van der Waals surface area contributed by atoms with Gasteiger partial charge in [-0.25, -0.2) is 4.79 Å². The SMILES string of the molecule is COC(=O)c1cccc(C(=O)NNC(=O)c2ccc(OCC(C)C)cc2)c1. The average molecular weight is 370 g/mol. The van der Waals surface area contributed by atoms with Crippen LogP contribution in [0.3, 0.4) is 0 Å². The van der Waals surface area contributed by atoms with Crippen molar-refractivity contribution >= 4 is 17.8 Å². The lowest BCUT2D eigenvalue weighted by atomic mass is 10.1. The summed E-state index contributed by atoms with van der Waals surface area (Å²) in [6.07, 6.45) is 0. The lowest BCUT2D eigenvalue weighted by molar-refractivity contribution is 0.0600. The van der Waals surface area contributed by atoms with E-state index in [9.17, 15) is 14.4 Å². The number of carbonyl (C=O) groups excluding carboxylic acids is 3. The number of amides is 2. The number of benzene rings is 2. The van der Waals surface area contributed by atoms with E-state index in [-0.39, 0.29) is 11.1 Å². The van der Waals surface area contributed by atoms with Gasteiger partial charge in [0.2, 0.25) is 0 Å². The standard InChI is InChI=1S/C20H22N2O5/c1-13(2)12-27-17-9-7-14(8-10-17)18(23)21-22-19(24)15-5-4-6-16(11-15)20(25)26-3/h4-11,13H,12H2,1-3H3,(H,21,23)(H,22,24). The second-order valence-corrected chi connectivity index (χ2v) is 6.21. The van der Waals surface area contributed by atoms with Crippen LogP contribution in [0.15, 0.2) is 48.5 Å². The molecule has 0 radical (unpaired) electrons. The summed E-state index contributed by atoms with van der Waals surface area (Å²) in [4.78, 5) is 35.8. The Hall–Kier alpha value is -3.35. The molecule has 2 aromatic carbocycles. The Bertz CT molecular complexity index is 815. The van der Waals surface area contributed by atoms with Crippen LogP contribution < -0.4 is 15.6 Å². The third-order valence-corrected chi connectivity index (χ3v) is 3.54. The molecular formula is C20H22N2O5. The van der Waals surface area contributed by atoms with E-state index < -0.39 is 17.8 Å². The molecule has 0 aliphatic heterocycles. The second kappa shape index (κ2) is 9.38. The monoisotopic (exact) mass is 370 g/mol. The molecule has 7 nitrogen and oxygen atoms in total. The van der Waals surface area contributed by atoms with E-state index in [1.165, 1.54) is 25.3 Å². The molecule has 2 amide bonds. The normalized spacial score (nSPS) is 10.2. The Morgan fingerprint density at radius 2 is 1.48 bits per heavy atom. The first-order valence-corrected chi connectivity index (χ1v) is 8.42. The number of ether oxygens (including phenoxy) is 2. The van der Waals surface area contributed by atoms with Gasteiger partial charge in [0.25, 0.3) is 11.8 Å². The predicted octanol–water partition coefficient (Wildman–Crippen LogP) is 2.58. The van der Waals surface area contributed by atoms with Crippen LogP contribution in [0.2, 0.25) is 0 Å². The number of nitrogens with one attached hydrogen (secondary N) is 2. The lowest BCUT2D eigenvalue weighted by Crippen LogP contribution is -2.41. The molecule has 0 atom stereocenters. The zero-order chi connectivity index (χ0) is 19.8. The molecule has 0 heterocycles. The van der Waals surface area contributed by atoms with Crippen molar-refractivity contribution in [1.82, 2.24) is 10.9 Å². The molecule has 2 rings (SSSR count). The second-order valence-electron chi connectivity index (χ2n) is 6.21. The maximum atomic E-state index is 12.1. The van der Waals surface area contributed by atoms with Crippen LogP contribution in [0.4, 0.5) is 0 Å². The van der Waals surface area contributed by atoms with E-state index in [4.69, 9.17) is 4.74 Å². The molecule has 27 heavy (non-hydrogen) atoms. The fourth-order valence-corrected chi connectivity index (χ4v) is 2.13. The summed E-state index contributed by atoms with van der Waals surface area (Å²) >= 11 is 0. The first-order chi connectivity index (χ1) is 12.9. The van der Waals surface area contributed by atoms with Crippen LogP contribution in [0.5, 0.6) is 5.75 Å². The van der Waals surface area contributed by atoms with Crippen LogP contribution in [0.25, 0.3) is 0 Å². The van der Waals surface area contributed by atoms with Gasteiger partial charge in [-0.1, -0.05) is 19.9 Å². The first kappa shape index (κ1) is 20.0. The van der Waals surface area contributed by atoms with E-state index in [1.807, 2.05) is 13.8 Å². The van der Waals surface area contributed by atoms with E-state index in [0.717, 1.165) is 0 Å². The van der Waals surface area contributed by atoms with Gasteiger partial charge in [0.05, 0.1) is 19.3 Å². The van der Waals surface area contributed by atoms with E-state index in [2.05, 4.69) is 15.6 Å². The maximum absolute atomic E-state index is 12.1. The van der Waals surface area contributed by atoms with Crippen molar-refractivity contribution in [2.24, 2.45) is 5.92 Å². The number of carbonyl (C=O) groups is 3. The highest BCUT2D eigenvalue weighted by Gasteiger charge is 2.12. The third kappa shape index (κ3) is 5.85. The zero-order valence-electron chi connectivity index (χ0n) is 15.4. The van der Waals surface area contributed by atoms with Crippen LogP contribution in [-0.2, 0) is 4.74 Å². The molecule has 0 bridgehead atoms. The summed E-state index contributed by atoms with van der Waals surface area (Å²) in [5.41, 5.74) is 5.48. The number of rotatable bonds is 6. The van der Waals surface area contributed by atoms with Crippen LogP contribution in [0.1, 0.15) is 44.9 Å². The van der Waals surface area contributed by atoms with Gasteiger partial charge in [0, 0.05) is 11.1 Å². The quantitative estimate of drug-likeness (QED) is 0.602. The summed E-state index contributed by atoms with van der Waals surface area (Å²) in [6.45, 7) is 4.68. The summed E-state index contributed by atoms with van der Waals surface area (Å²) < 4.78 is 10.2. The maximum Gasteiger partial charge on any atom is 0.337 e. The lowest BCUT2D eigenvalue weighted by Gasteiger charge is -2.10. The summed E-state index contributed by atoms with van der Waals surface area (Å²) in [6, 6.07) is 12.6. The Labute approximate surface area is 157 Å². The Kier molecular flexibility index (Phi) is 6.93. The molecule has 0 aliphatic rings. The van der Waals surface area contributed by atoms with Crippen LogP contribution >= 0.6 is 0 Å². The van der Waals surface area contributed by atoms with Crippen molar-refractivity contribution in [3.8, 4) is 5.75 Å². The van der Waals surface area contributed by atoms with Crippen LogP contribution in [-0.4, -0.2) is 31.5 Å². The molecule has 0 saturated heterocycles. The van der Waals surface area contributed by atoms with E-state index >= 15 is 0 Å². The molecular weight excluding hydrogens is 348 g/mol. The highest BCUT2D eigenvalue weighted by atomic mass is 16.5. The third-order valence-electron chi connectivity index (χ3n) is 3.54. The van der Waals surface area contributed by atoms with Gasteiger partial charge >= 0.3 is 5.97 Å². The van der Waals surface area contributed by atoms with E-state index in [1.54, 1.807) is 30.3 Å². The molecule has 0 fully saturated rings. The molecule has 0 saturated carbocycles. The molecule has 0 aromatic heterocycles. The molecule has 2 N–H and O–H groups in total.